The van der Waals surface area contributed by atoms with Crippen molar-refractivity contribution in [2.75, 3.05) is 7.11 Å². The van der Waals surface area contributed by atoms with Gasteiger partial charge in [-0.25, -0.2) is 0 Å². The Balaban J connectivity index is 2.41. The van der Waals surface area contributed by atoms with Crippen LogP contribution in [0.1, 0.15) is 12.0 Å². The fourth-order valence-electron chi connectivity index (χ4n) is 1.78. The Bertz CT molecular complexity index is 519. The maximum atomic E-state index is 12.0. The number of ketones is 1. The number of allylic oxidation sites excluding steroid dienone is 2. The minimum atomic E-state index is -1.10. The Kier molecular flexibility index (Phi) is 3.55. The third-order valence-electron chi connectivity index (χ3n) is 2.84. The molecule has 0 aliphatic heterocycles. The van der Waals surface area contributed by atoms with Gasteiger partial charge in [-0.1, -0.05) is 41.9 Å². The second-order valence-corrected chi connectivity index (χ2v) is 4.69. The van der Waals surface area contributed by atoms with Crippen LogP contribution in [0.2, 0.25) is 0 Å². The van der Waals surface area contributed by atoms with Crippen LogP contribution in [0.5, 0.6) is 0 Å². The average molecular weight is 265 g/mol. The second kappa shape index (κ2) is 4.96. The molecule has 4 heteroatoms. The van der Waals surface area contributed by atoms with Crippen LogP contribution in [0.3, 0.4) is 0 Å². The van der Waals surface area contributed by atoms with Gasteiger partial charge in [-0.3, -0.25) is 4.79 Å². The number of hydrogen-bond acceptors (Lipinski definition) is 3. The number of Topliss-reactive ketones (excluding diaryl/α,β-unsaturated/α-hetero) is 1. The van der Waals surface area contributed by atoms with Crippen molar-refractivity contribution in [2.24, 2.45) is 0 Å². The van der Waals surface area contributed by atoms with E-state index < -0.39 is 5.06 Å². The Labute approximate surface area is 110 Å². The molecule has 1 aliphatic rings. The lowest BCUT2D eigenvalue weighted by atomic mass is 9.95. The van der Waals surface area contributed by atoms with Gasteiger partial charge in [0.15, 0.2) is 10.8 Å². The molecular weight excluding hydrogens is 252 g/mol. The van der Waals surface area contributed by atoms with Crippen LogP contribution in [0.15, 0.2) is 48.1 Å². The number of benzene rings is 1. The van der Waals surface area contributed by atoms with Crippen molar-refractivity contribution in [1.29, 1.82) is 0 Å². The molecule has 1 aromatic carbocycles. The molecule has 94 valence electrons. The number of carbonyl (C=O) groups is 1. The van der Waals surface area contributed by atoms with E-state index in [9.17, 15) is 9.90 Å². The normalized spacial score (nSPS) is 26.2. The zero-order valence-electron chi connectivity index (χ0n) is 9.89. The van der Waals surface area contributed by atoms with Crippen molar-refractivity contribution in [3.8, 4) is 0 Å². The van der Waals surface area contributed by atoms with Crippen molar-refractivity contribution < 1.29 is 14.6 Å². The number of alkyl halides is 1. The summed E-state index contributed by atoms with van der Waals surface area (Å²) >= 11 is 6.04. The van der Waals surface area contributed by atoms with Crippen LogP contribution in [-0.4, -0.2) is 23.1 Å². The van der Waals surface area contributed by atoms with Gasteiger partial charge in [-0.15, -0.1) is 0 Å². The first-order valence-corrected chi connectivity index (χ1v) is 5.89. The van der Waals surface area contributed by atoms with Crippen molar-refractivity contribution in [2.45, 2.75) is 11.5 Å². The molecule has 0 bridgehead atoms. The van der Waals surface area contributed by atoms with E-state index in [1.807, 2.05) is 6.07 Å². The van der Waals surface area contributed by atoms with Gasteiger partial charge in [0, 0.05) is 12.7 Å². The number of halogens is 1. The van der Waals surface area contributed by atoms with Gasteiger partial charge in [-0.05, 0) is 12.2 Å². The van der Waals surface area contributed by atoms with E-state index in [0.29, 0.717) is 5.56 Å². The van der Waals surface area contributed by atoms with Gasteiger partial charge in [0.2, 0.25) is 0 Å². The highest BCUT2D eigenvalue weighted by atomic mass is 35.5. The van der Waals surface area contributed by atoms with Crippen LogP contribution < -0.4 is 0 Å². The number of aliphatic hydroxyl groups excluding tert-OH is 1. The summed E-state index contributed by atoms with van der Waals surface area (Å²) < 4.78 is 5.04. The van der Waals surface area contributed by atoms with Crippen molar-refractivity contribution in [1.82, 2.24) is 0 Å². The molecular formula is C14H13ClO3. The zero-order valence-corrected chi connectivity index (χ0v) is 10.6. The highest BCUT2D eigenvalue weighted by Crippen LogP contribution is 2.32. The number of aliphatic hydroxyl groups is 1. The molecule has 1 aliphatic carbocycles. The molecule has 0 heterocycles. The summed E-state index contributed by atoms with van der Waals surface area (Å²) in [5.41, 5.74) is 0.861. The van der Waals surface area contributed by atoms with Crippen LogP contribution >= 0.6 is 11.6 Å². The Morgan fingerprint density at radius 3 is 2.61 bits per heavy atom. The quantitative estimate of drug-likeness (QED) is 0.507. The van der Waals surface area contributed by atoms with E-state index in [2.05, 4.69) is 0 Å². The highest BCUT2D eigenvalue weighted by molar-refractivity contribution is 6.27. The molecule has 0 radical (unpaired) electrons. The summed E-state index contributed by atoms with van der Waals surface area (Å²) in [6, 6.07) is 8.91. The fraction of sp³-hybridized carbons (Fsp3) is 0.214. The van der Waals surface area contributed by atoms with E-state index in [1.165, 1.54) is 13.2 Å². The molecule has 0 saturated carbocycles. The molecule has 0 amide bonds. The summed E-state index contributed by atoms with van der Waals surface area (Å²) in [7, 11) is 1.44. The van der Waals surface area contributed by atoms with E-state index in [1.54, 1.807) is 30.3 Å². The largest absolute Gasteiger partial charge is 0.507 e. The lowest BCUT2D eigenvalue weighted by Gasteiger charge is -2.25. The third-order valence-corrected chi connectivity index (χ3v) is 3.26. The van der Waals surface area contributed by atoms with E-state index in [-0.39, 0.29) is 23.5 Å². The van der Waals surface area contributed by atoms with Crippen LogP contribution in [0.4, 0.5) is 0 Å². The van der Waals surface area contributed by atoms with E-state index in [4.69, 9.17) is 16.3 Å². The Morgan fingerprint density at radius 1 is 1.39 bits per heavy atom. The molecule has 0 spiro atoms. The number of methoxy groups -OCH3 is 1. The number of ether oxygens (including phenoxy) is 1. The predicted octanol–water partition coefficient (Wildman–Crippen LogP) is 3.07. The highest BCUT2D eigenvalue weighted by Gasteiger charge is 2.33. The summed E-state index contributed by atoms with van der Waals surface area (Å²) in [5.74, 6) is -0.276. The molecule has 3 nitrogen and oxygen atoms in total. The maximum absolute atomic E-state index is 12.0. The van der Waals surface area contributed by atoms with Gasteiger partial charge in [0.05, 0.1) is 12.0 Å². The predicted molar refractivity (Wildman–Crippen MR) is 70.3 cm³/mol. The van der Waals surface area contributed by atoms with Gasteiger partial charge in [-0.2, -0.15) is 0 Å². The van der Waals surface area contributed by atoms with Crippen LogP contribution in [0.25, 0.3) is 5.76 Å². The standard InChI is InChI=1S/C14H13ClO3/c1-18-14(15)8-7-11(12(16)9-14)13(17)10-5-3-2-4-6-10/h2-8,17H,9H2,1H3. The molecule has 1 aromatic rings. The molecule has 2 rings (SSSR count). The second-order valence-electron chi connectivity index (χ2n) is 4.05. The molecule has 1 N–H and O–H groups in total. The molecule has 1 unspecified atom stereocenters. The summed E-state index contributed by atoms with van der Waals surface area (Å²) in [4.78, 5) is 12.0. The number of carbonyl (C=O) groups excluding carboxylic acids is 1. The maximum Gasteiger partial charge on any atom is 0.171 e. The van der Waals surface area contributed by atoms with Crippen molar-refractivity contribution >= 4 is 23.1 Å². The van der Waals surface area contributed by atoms with Crippen LogP contribution in [-0.2, 0) is 9.53 Å². The monoisotopic (exact) mass is 264 g/mol. The first kappa shape index (κ1) is 12.9. The SMILES string of the molecule is COC1(Cl)C=CC(=C(O)c2ccccc2)C(=O)C1. The molecule has 0 aromatic heterocycles. The molecule has 18 heavy (non-hydrogen) atoms. The van der Waals surface area contributed by atoms with Crippen molar-refractivity contribution in [3.63, 3.8) is 0 Å². The molecule has 0 saturated heterocycles. The molecule has 1 atom stereocenters. The summed E-state index contributed by atoms with van der Waals surface area (Å²) in [6.07, 6.45) is 3.09. The number of rotatable bonds is 2. The third kappa shape index (κ3) is 2.47. The smallest absolute Gasteiger partial charge is 0.171 e. The fourth-order valence-corrected chi connectivity index (χ4v) is 1.96. The topological polar surface area (TPSA) is 46.5 Å². The minimum absolute atomic E-state index is 0.00772. The van der Waals surface area contributed by atoms with Crippen molar-refractivity contribution in [3.05, 3.63) is 53.6 Å². The minimum Gasteiger partial charge on any atom is -0.507 e. The Hall–Kier alpha value is -1.58. The zero-order chi connectivity index (χ0) is 13.2. The Morgan fingerprint density at radius 2 is 2.06 bits per heavy atom. The lowest BCUT2D eigenvalue weighted by molar-refractivity contribution is -0.118. The first-order chi connectivity index (χ1) is 8.56. The molecule has 0 fully saturated rings. The van der Waals surface area contributed by atoms with Gasteiger partial charge in [0.1, 0.15) is 5.76 Å². The van der Waals surface area contributed by atoms with Gasteiger partial charge < -0.3 is 9.84 Å². The van der Waals surface area contributed by atoms with Gasteiger partial charge >= 0.3 is 0 Å². The average Bonchev–Trinajstić information content (AvgIpc) is 2.39. The van der Waals surface area contributed by atoms with E-state index >= 15 is 0 Å². The summed E-state index contributed by atoms with van der Waals surface area (Å²) in [5, 5.41) is 8.98. The number of hydrogen-bond donors (Lipinski definition) is 1. The lowest BCUT2D eigenvalue weighted by Crippen LogP contribution is -2.29. The van der Waals surface area contributed by atoms with E-state index in [0.717, 1.165) is 0 Å². The van der Waals surface area contributed by atoms with Gasteiger partial charge in [0.25, 0.3) is 0 Å². The van der Waals surface area contributed by atoms with Crippen LogP contribution in [0, 0.1) is 0 Å². The summed E-state index contributed by atoms with van der Waals surface area (Å²) in [6.45, 7) is 0. The first-order valence-electron chi connectivity index (χ1n) is 5.51.